The Balaban J connectivity index is 2.34. The van der Waals surface area contributed by atoms with Crippen LogP contribution in [0, 0.1) is 0 Å². The molecule has 13 heavy (non-hydrogen) atoms. The molecule has 0 radical (unpaired) electrons. The van der Waals surface area contributed by atoms with E-state index in [9.17, 15) is 4.79 Å². The Morgan fingerprint density at radius 1 is 1.62 bits per heavy atom. The Kier molecular flexibility index (Phi) is 3.47. The van der Waals surface area contributed by atoms with Crippen molar-refractivity contribution in [3.63, 3.8) is 0 Å². The van der Waals surface area contributed by atoms with Gasteiger partial charge in [-0.1, -0.05) is 0 Å². The fourth-order valence-corrected chi connectivity index (χ4v) is 0.831. The molecular formula is C6H12N4O3. The molecule has 1 rings (SSSR count). The standard InChI is InChI=1S/C6H12N4O3/c11-4-9(5-12)6(13)8-10-2-1-7-3-10/h3,11-12H,1-2,4-5H2,(H,8,13). The van der Waals surface area contributed by atoms with E-state index in [-0.39, 0.29) is 0 Å². The summed E-state index contributed by atoms with van der Waals surface area (Å²) >= 11 is 0. The van der Waals surface area contributed by atoms with Gasteiger partial charge in [0.05, 0.1) is 13.1 Å². The maximum atomic E-state index is 11.2. The van der Waals surface area contributed by atoms with Crippen molar-refractivity contribution >= 4 is 12.4 Å². The van der Waals surface area contributed by atoms with E-state index in [4.69, 9.17) is 10.2 Å². The SMILES string of the molecule is O=C(NN1C=NCC1)N(CO)CO. The van der Waals surface area contributed by atoms with Crippen LogP contribution in [0.1, 0.15) is 0 Å². The van der Waals surface area contributed by atoms with E-state index in [0.717, 1.165) is 4.90 Å². The van der Waals surface area contributed by atoms with Crippen molar-refractivity contribution in [1.29, 1.82) is 0 Å². The molecule has 7 heteroatoms. The number of carbonyl (C=O) groups is 1. The molecule has 0 atom stereocenters. The van der Waals surface area contributed by atoms with E-state index in [1.54, 1.807) is 0 Å². The van der Waals surface area contributed by atoms with Crippen LogP contribution in [-0.2, 0) is 0 Å². The van der Waals surface area contributed by atoms with Gasteiger partial charge in [0.1, 0.15) is 19.8 Å². The highest BCUT2D eigenvalue weighted by Crippen LogP contribution is 1.91. The van der Waals surface area contributed by atoms with Crippen LogP contribution in [-0.4, -0.2) is 59.0 Å². The highest BCUT2D eigenvalue weighted by molar-refractivity contribution is 5.75. The van der Waals surface area contributed by atoms with Gasteiger partial charge in [-0.3, -0.25) is 14.9 Å². The van der Waals surface area contributed by atoms with E-state index >= 15 is 0 Å². The molecule has 1 aliphatic heterocycles. The predicted molar refractivity (Wildman–Crippen MR) is 44.6 cm³/mol. The second-order valence-corrected chi connectivity index (χ2v) is 2.45. The molecule has 0 bridgehead atoms. The molecule has 0 fully saturated rings. The number of nitrogens with zero attached hydrogens (tertiary/aromatic N) is 3. The van der Waals surface area contributed by atoms with Crippen LogP contribution in [0.5, 0.6) is 0 Å². The third kappa shape index (κ3) is 2.56. The molecule has 0 saturated heterocycles. The maximum absolute atomic E-state index is 11.2. The van der Waals surface area contributed by atoms with Gasteiger partial charge >= 0.3 is 6.03 Å². The van der Waals surface area contributed by atoms with Crippen LogP contribution >= 0.6 is 0 Å². The number of aliphatic hydroxyl groups excluding tert-OH is 2. The van der Waals surface area contributed by atoms with Crippen molar-refractivity contribution in [2.24, 2.45) is 4.99 Å². The maximum Gasteiger partial charge on any atom is 0.339 e. The van der Waals surface area contributed by atoms with Crippen LogP contribution in [0.3, 0.4) is 0 Å². The Bertz CT molecular complexity index is 204. The second kappa shape index (κ2) is 4.63. The lowest BCUT2D eigenvalue weighted by molar-refractivity contribution is 0.0513. The van der Waals surface area contributed by atoms with E-state index < -0.39 is 19.5 Å². The smallest absolute Gasteiger partial charge is 0.339 e. The van der Waals surface area contributed by atoms with Gasteiger partial charge in [-0.15, -0.1) is 0 Å². The molecule has 0 aromatic rings. The van der Waals surface area contributed by atoms with Gasteiger partial charge in [-0.2, -0.15) is 0 Å². The van der Waals surface area contributed by atoms with Gasteiger partial charge in [-0.25, -0.2) is 10.2 Å². The van der Waals surface area contributed by atoms with E-state index in [0.29, 0.717) is 13.1 Å². The van der Waals surface area contributed by atoms with Crippen LogP contribution in [0.25, 0.3) is 0 Å². The summed E-state index contributed by atoms with van der Waals surface area (Å²) in [4.78, 5) is 15.9. The van der Waals surface area contributed by atoms with Gasteiger partial charge in [0, 0.05) is 0 Å². The minimum absolute atomic E-state index is 0.521. The molecule has 0 saturated carbocycles. The molecule has 1 aliphatic rings. The average Bonchev–Trinajstić information content (AvgIpc) is 2.59. The number of rotatable bonds is 3. The van der Waals surface area contributed by atoms with E-state index in [2.05, 4.69) is 10.4 Å². The lowest BCUT2D eigenvalue weighted by atomic mass is 10.7. The Morgan fingerprint density at radius 3 is 2.77 bits per heavy atom. The fourth-order valence-electron chi connectivity index (χ4n) is 0.831. The zero-order valence-electron chi connectivity index (χ0n) is 7.05. The minimum atomic E-state index is -0.557. The van der Waals surface area contributed by atoms with Crippen molar-refractivity contribution < 1.29 is 15.0 Å². The largest absolute Gasteiger partial charge is 0.376 e. The fraction of sp³-hybridized carbons (Fsp3) is 0.667. The quantitative estimate of drug-likeness (QED) is 0.454. The van der Waals surface area contributed by atoms with Crippen LogP contribution < -0.4 is 5.43 Å². The first kappa shape index (κ1) is 9.75. The van der Waals surface area contributed by atoms with Crippen molar-refractivity contribution in [2.75, 3.05) is 26.6 Å². The molecule has 0 unspecified atom stereocenters. The predicted octanol–water partition coefficient (Wildman–Crippen LogP) is -1.84. The number of amides is 2. The molecule has 2 amide bonds. The average molecular weight is 188 g/mol. The molecular weight excluding hydrogens is 176 g/mol. The lowest BCUT2D eigenvalue weighted by Crippen LogP contribution is -2.48. The summed E-state index contributed by atoms with van der Waals surface area (Å²) in [7, 11) is 0. The minimum Gasteiger partial charge on any atom is -0.376 e. The van der Waals surface area contributed by atoms with Crippen LogP contribution in [0.4, 0.5) is 4.79 Å². The number of nitrogens with one attached hydrogen (secondary N) is 1. The third-order valence-electron chi connectivity index (χ3n) is 1.56. The first-order valence-corrected chi connectivity index (χ1v) is 3.82. The highest BCUT2D eigenvalue weighted by atomic mass is 16.3. The first-order chi connectivity index (χ1) is 6.27. The lowest BCUT2D eigenvalue weighted by Gasteiger charge is -2.21. The Morgan fingerprint density at radius 2 is 2.31 bits per heavy atom. The summed E-state index contributed by atoms with van der Waals surface area (Å²) in [6.45, 7) is 0.204. The van der Waals surface area contributed by atoms with Crippen LogP contribution in [0.15, 0.2) is 4.99 Å². The number of aliphatic hydroxyl groups is 2. The van der Waals surface area contributed by atoms with Gasteiger partial charge in [0.25, 0.3) is 0 Å². The molecule has 0 aliphatic carbocycles. The van der Waals surface area contributed by atoms with Crippen molar-refractivity contribution in [3.8, 4) is 0 Å². The molecule has 7 nitrogen and oxygen atoms in total. The van der Waals surface area contributed by atoms with Crippen molar-refractivity contribution in [3.05, 3.63) is 0 Å². The van der Waals surface area contributed by atoms with Gasteiger partial charge in [0.15, 0.2) is 0 Å². The molecule has 0 aromatic heterocycles. The monoisotopic (exact) mass is 188 g/mol. The van der Waals surface area contributed by atoms with Gasteiger partial charge in [0.2, 0.25) is 0 Å². The zero-order valence-corrected chi connectivity index (χ0v) is 7.05. The highest BCUT2D eigenvalue weighted by Gasteiger charge is 2.14. The molecule has 74 valence electrons. The summed E-state index contributed by atoms with van der Waals surface area (Å²) in [5, 5.41) is 18.7. The summed E-state index contributed by atoms with van der Waals surface area (Å²) in [6, 6.07) is -0.557. The van der Waals surface area contributed by atoms with Gasteiger partial charge < -0.3 is 10.2 Å². The first-order valence-electron chi connectivity index (χ1n) is 3.82. The van der Waals surface area contributed by atoms with E-state index in [1.807, 2.05) is 0 Å². The number of urea groups is 1. The Labute approximate surface area is 75.2 Å². The Hall–Kier alpha value is -1.34. The third-order valence-corrected chi connectivity index (χ3v) is 1.56. The summed E-state index contributed by atoms with van der Waals surface area (Å²) in [6.07, 6.45) is 1.49. The van der Waals surface area contributed by atoms with Crippen molar-refractivity contribution in [2.45, 2.75) is 0 Å². The second-order valence-electron chi connectivity index (χ2n) is 2.45. The topological polar surface area (TPSA) is 88.4 Å². The summed E-state index contributed by atoms with van der Waals surface area (Å²) < 4.78 is 0. The number of aliphatic imine (C=N–C) groups is 1. The van der Waals surface area contributed by atoms with Gasteiger partial charge in [-0.05, 0) is 0 Å². The van der Waals surface area contributed by atoms with E-state index in [1.165, 1.54) is 11.3 Å². The molecule has 3 N–H and O–H groups in total. The van der Waals surface area contributed by atoms with Crippen molar-refractivity contribution in [1.82, 2.24) is 15.3 Å². The normalized spacial score (nSPS) is 14.8. The number of hydrogen-bond donors (Lipinski definition) is 3. The number of hydrogen-bond acceptors (Lipinski definition) is 5. The number of hydrazine groups is 1. The summed E-state index contributed by atoms with van der Waals surface area (Å²) in [5.41, 5.74) is 2.43. The molecule has 1 heterocycles. The zero-order chi connectivity index (χ0) is 9.68. The molecule has 0 spiro atoms. The van der Waals surface area contributed by atoms with Crippen LogP contribution in [0.2, 0.25) is 0 Å². The molecule has 0 aromatic carbocycles. The summed E-state index contributed by atoms with van der Waals surface area (Å²) in [5.74, 6) is 0. The number of carbonyl (C=O) groups excluding carboxylic acids is 1.